The lowest BCUT2D eigenvalue weighted by atomic mass is 9.95. The maximum absolute atomic E-state index is 13.4. The lowest BCUT2D eigenvalue weighted by Crippen LogP contribution is -2.43. The summed E-state index contributed by atoms with van der Waals surface area (Å²) in [6.45, 7) is 13.2. The Labute approximate surface area is 189 Å². The van der Waals surface area contributed by atoms with Gasteiger partial charge in [-0.15, -0.1) is 0 Å². The van der Waals surface area contributed by atoms with E-state index in [2.05, 4.69) is 0 Å². The van der Waals surface area contributed by atoms with Gasteiger partial charge >= 0.3 is 6.09 Å². The van der Waals surface area contributed by atoms with Crippen molar-refractivity contribution in [1.29, 1.82) is 0 Å². The molecule has 1 aliphatic rings. The van der Waals surface area contributed by atoms with Gasteiger partial charge in [-0.05, 0) is 72.4 Å². The van der Waals surface area contributed by atoms with Crippen molar-refractivity contribution in [3.63, 3.8) is 0 Å². The normalized spacial score (nSPS) is 19.3. The van der Waals surface area contributed by atoms with Gasteiger partial charge in [0.15, 0.2) is 5.78 Å². The van der Waals surface area contributed by atoms with Crippen LogP contribution in [0.3, 0.4) is 0 Å². The van der Waals surface area contributed by atoms with Crippen molar-refractivity contribution in [2.24, 2.45) is 5.92 Å². The van der Waals surface area contributed by atoms with Crippen molar-refractivity contribution in [1.82, 2.24) is 9.96 Å². The second-order valence-corrected chi connectivity index (χ2v) is 10.3. The minimum Gasteiger partial charge on any atom is -0.444 e. The minimum atomic E-state index is -0.708. The predicted molar refractivity (Wildman–Crippen MR) is 119 cm³/mol. The molecule has 172 valence electrons. The molecule has 1 aromatic carbocycles. The summed E-state index contributed by atoms with van der Waals surface area (Å²) >= 11 is 6.21. The van der Waals surface area contributed by atoms with Crippen molar-refractivity contribution in [3.05, 3.63) is 34.3 Å². The molecule has 1 aliphatic heterocycles. The van der Waals surface area contributed by atoms with Crippen molar-refractivity contribution in [2.75, 3.05) is 13.1 Å². The lowest BCUT2D eigenvalue weighted by Gasteiger charge is -2.29. The Hall–Kier alpha value is -2.12. The highest BCUT2D eigenvalue weighted by atomic mass is 35.5. The third-order valence-corrected chi connectivity index (χ3v) is 5.21. The standard InChI is InChI=1S/C23H33ClN2O5/c1-15-17(9-8-10-18(15)24)20(28)19-11-16(12-25(14-27)31-23(5,6)7)13-26(19)21(29)30-22(2,3)4/h8-10,14,16,19H,11-13H2,1-7H3/t16?,19-/m1/s1. The SMILES string of the molecule is Cc1c(Cl)cccc1C(=O)[C@H]1CC(CN(C=O)OC(C)(C)C)CN1C(=O)OC(C)(C)C. The number of likely N-dealkylation sites (tertiary alicyclic amines) is 1. The van der Waals surface area contributed by atoms with Crippen LogP contribution in [-0.2, 0) is 14.4 Å². The average molecular weight is 453 g/mol. The van der Waals surface area contributed by atoms with Crippen molar-refractivity contribution < 1.29 is 24.0 Å². The van der Waals surface area contributed by atoms with Gasteiger partial charge < -0.3 is 4.74 Å². The van der Waals surface area contributed by atoms with Gasteiger partial charge in [-0.2, -0.15) is 0 Å². The zero-order chi connectivity index (χ0) is 23.6. The van der Waals surface area contributed by atoms with Gasteiger partial charge in [0.25, 0.3) is 0 Å². The topological polar surface area (TPSA) is 76.2 Å². The van der Waals surface area contributed by atoms with E-state index in [0.29, 0.717) is 29.0 Å². The summed E-state index contributed by atoms with van der Waals surface area (Å²) in [5.41, 5.74) is -0.0895. The second kappa shape index (κ2) is 9.57. The number of halogens is 1. The molecule has 1 aromatic rings. The molecule has 0 N–H and O–H groups in total. The number of hydrogen-bond acceptors (Lipinski definition) is 5. The number of rotatable bonds is 6. The van der Waals surface area contributed by atoms with E-state index < -0.39 is 23.3 Å². The van der Waals surface area contributed by atoms with Crippen LogP contribution in [-0.4, -0.2) is 58.6 Å². The number of Topliss-reactive ketones (excluding diaryl/α,β-unsaturated/α-hetero) is 1. The summed E-state index contributed by atoms with van der Waals surface area (Å²) in [6.07, 6.45) is 0.462. The highest BCUT2D eigenvalue weighted by Gasteiger charge is 2.42. The number of ketones is 1. The first-order chi connectivity index (χ1) is 14.2. The molecule has 2 atom stereocenters. The molecule has 7 nitrogen and oxygen atoms in total. The third kappa shape index (κ3) is 6.94. The van der Waals surface area contributed by atoms with Gasteiger partial charge in [0.05, 0.1) is 18.2 Å². The first-order valence-electron chi connectivity index (χ1n) is 10.4. The molecule has 31 heavy (non-hydrogen) atoms. The first kappa shape index (κ1) is 25.1. The summed E-state index contributed by atoms with van der Waals surface area (Å²) < 4.78 is 5.55. The molecule has 1 fully saturated rings. The van der Waals surface area contributed by atoms with Crippen LogP contribution in [0.15, 0.2) is 18.2 Å². The Morgan fingerprint density at radius 3 is 2.39 bits per heavy atom. The molecule has 0 aliphatic carbocycles. The van der Waals surface area contributed by atoms with Gasteiger partial charge in [-0.1, -0.05) is 23.7 Å². The fourth-order valence-electron chi connectivity index (χ4n) is 3.59. The Balaban J connectivity index is 2.29. The van der Waals surface area contributed by atoms with Gasteiger partial charge in [0.1, 0.15) is 5.60 Å². The Morgan fingerprint density at radius 1 is 1.19 bits per heavy atom. The summed E-state index contributed by atoms with van der Waals surface area (Å²) in [5, 5.41) is 1.73. The molecule has 8 heteroatoms. The monoisotopic (exact) mass is 452 g/mol. The molecule has 1 unspecified atom stereocenters. The molecular formula is C23H33ClN2O5. The Bertz CT molecular complexity index is 828. The van der Waals surface area contributed by atoms with Gasteiger partial charge in [-0.25, -0.2) is 9.86 Å². The van der Waals surface area contributed by atoms with Gasteiger partial charge in [-0.3, -0.25) is 19.3 Å². The molecule has 2 amide bonds. The van der Waals surface area contributed by atoms with Crippen molar-refractivity contribution in [3.8, 4) is 0 Å². The molecule has 1 saturated heterocycles. The zero-order valence-corrected chi connectivity index (χ0v) is 20.2. The van der Waals surface area contributed by atoms with Crippen LogP contribution in [0.5, 0.6) is 0 Å². The van der Waals surface area contributed by atoms with Crippen LogP contribution >= 0.6 is 11.6 Å². The van der Waals surface area contributed by atoms with Crippen LogP contribution < -0.4 is 0 Å². The zero-order valence-electron chi connectivity index (χ0n) is 19.4. The molecular weight excluding hydrogens is 420 g/mol. The second-order valence-electron chi connectivity index (χ2n) is 9.94. The number of carbonyl (C=O) groups is 3. The number of nitrogens with zero attached hydrogens (tertiary/aromatic N) is 2. The molecule has 0 aromatic heterocycles. The van der Waals surface area contributed by atoms with E-state index in [1.54, 1.807) is 45.9 Å². The molecule has 0 saturated carbocycles. The maximum Gasteiger partial charge on any atom is 0.410 e. The quantitative estimate of drug-likeness (QED) is 0.357. The number of amides is 2. The van der Waals surface area contributed by atoms with Crippen LogP contribution in [0, 0.1) is 12.8 Å². The van der Waals surface area contributed by atoms with E-state index >= 15 is 0 Å². The summed E-state index contributed by atoms with van der Waals surface area (Å²) in [4.78, 5) is 44.9. The molecule has 2 rings (SSSR count). The van der Waals surface area contributed by atoms with E-state index in [-0.39, 0.29) is 24.8 Å². The average Bonchev–Trinajstić information content (AvgIpc) is 3.04. The Kier molecular flexibility index (Phi) is 7.76. The van der Waals surface area contributed by atoms with E-state index in [4.69, 9.17) is 21.2 Å². The molecule has 0 spiro atoms. The van der Waals surface area contributed by atoms with E-state index in [9.17, 15) is 14.4 Å². The van der Waals surface area contributed by atoms with Gasteiger partial charge in [0.2, 0.25) is 6.41 Å². The van der Waals surface area contributed by atoms with Crippen molar-refractivity contribution >= 4 is 29.9 Å². The Morgan fingerprint density at radius 2 is 1.84 bits per heavy atom. The number of benzene rings is 1. The number of hydroxylamine groups is 2. The minimum absolute atomic E-state index is 0.145. The first-order valence-corrected chi connectivity index (χ1v) is 10.8. The number of ether oxygens (including phenoxy) is 1. The molecule has 1 heterocycles. The highest BCUT2D eigenvalue weighted by molar-refractivity contribution is 6.32. The largest absolute Gasteiger partial charge is 0.444 e. The van der Waals surface area contributed by atoms with E-state index in [0.717, 1.165) is 0 Å². The fourth-order valence-corrected chi connectivity index (χ4v) is 3.76. The maximum atomic E-state index is 13.4. The van der Waals surface area contributed by atoms with Crippen molar-refractivity contribution in [2.45, 2.75) is 72.1 Å². The lowest BCUT2D eigenvalue weighted by molar-refractivity contribution is -0.219. The third-order valence-electron chi connectivity index (χ3n) is 4.80. The number of hydrogen-bond donors (Lipinski definition) is 0. The smallest absolute Gasteiger partial charge is 0.410 e. The molecule has 0 radical (unpaired) electrons. The summed E-state index contributed by atoms with van der Waals surface area (Å²) in [7, 11) is 0. The number of carbonyl (C=O) groups excluding carboxylic acids is 3. The summed E-state index contributed by atoms with van der Waals surface area (Å²) in [5.74, 6) is -0.337. The molecule has 0 bridgehead atoms. The van der Waals surface area contributed by atoms with Crippen LogP contribution in [0.25, 0.3) is 0 Å². The van der Waals surface area contributed by atoms with E-state index in [1.165, 1.54) is 9.96 Å². The fraction of sp³-hybridized carbons (Fsp3) is 0.609. The van der Waals surface area contributed by atoms with Crippen LogP contribution in [0.4, 0.5) is 4.79 Å². The summed E-state index contributed by atoms with van der Waals surface area (Å²) in [6, 6.07) is 4.45. The van der Waals surface area contributed by atoms with Crippen LogP contribution in [0.2, 0.25) is 5.02 Å². The van der Waals surface area contributed by atoms with Gasteiger partial charge in [0, 0.05) is 17.1 Å². The highest BCUT2D eigenvalue weighted by Crippen LogP contribution is 2.31. The van der Waals surface area contributed by atoms with E-state index in [1.807, 2.05) is 20.8 Å². The predicted octanol–water partition coefficient (Wildman–Crippen LogP) is 4.65. The van der Waals surface area contributed by atoms with Crippen LogP contribution in [0.1, 0.15) is 63.9 Å².